The molecule has 0 aromatic heterocycles. The lowest BCUT2D eigenvalue weighted by Gasteiger charge is -2.18. The topological polar surface area (TPSA) is 78.9 Å². The van der Waals surface area contributed by atoms with Crippen LogP contribution >= 0.6 is 0 Å². The number of unbranched alkanes of at least 4 members (excludes halogenated alkanes) is 56. The molecule has 0 aliphatic carbocycles. The average molecular weight is 1170 g/mol. The predicted octanol–water partition coefficient (Wildman–Crippen LogP) is 26.1. The SMILES string of the molecule is CCCC/C=C\C/C=C\CCCCCCCC(=O)OCC(COC(=O)CCCCCCCCCCCCCCCCCCCCCCCCCCCCCC)OC(=O)CCCCCCCCCCCCCCCCCCCCCCCCC. The Morgan fingerprint density at radius 2 is 0.446 bits per heavy atom. The lowest BCUT2D eigenvalue weighted by atomic mass is 10.0. The molecule has 0 aromatic rings. The summed E-state index contributed by atoms with van der Waals surface area (Å²) in [5.74, 6) is -0.848. The van der Waals surface area contributed by atoms with Gasteiger partial charge in [-0.1, -0.05) is 392 Å². The third kappa shape index (κ3) is 70.5. The molecule has 6 nitrogen and oxygen atoms in total. The smallest absolute Gasteiger partial charge is 0.306 e. The summed E-state index contributed by atoms with van der Waals surface area (Å²) in [6.07, 6.45) is 89.5. The van der Waals surface area contributed by atoms with Gasteiger partial charge in [0.1, 0.15) is 13.2 Å². The number of esters is 3. The van der Waals surface area contributed by atoms with Crippen LogP contribution in [-0.2, 0) is 28.6 Å². The van der Waals surface area contributed by atoms with E-state index in [1.807, 2.05) is 0 Å². The van der Waals surface area contributed by atoms with Crippen molar-refractivity contribution in [1.82, 2.24) is 0 Å². The van der Waals surface area contributed by atoms with Crippen LogP contribution in [0.4, 0.5) is 0 Å². The first-order chi connectivity index (χ1) is 41.0. The van der Waals surface area contributed by atoms with E-state index >= 15 is 0 Å². The zero-order valence-corrected chi connectivity index (χ0v) is 56.5. The molecule has 1 unspecified atom stereocenters. The summed E-state index contributed by atoms with van der Waals surface area (Å²) in [5, 5.41) is 0. The Kier molecular flexibility index (Phi) is 70.5. The molecule has 0 N–H and O–H groups in total. The quantitative estimate of drug-likeness (QED) is 0.0261. The third-order valence-corrected chi connectivity index (χ3v) is 17.5. The maximum Gasteiger partial charge on any atom is 0.306 e. The van der Waals surface area contributed by atoms with Crippen molar-refractivity contribution in [2.45, 2.75) is 438 Å². The van der Waals surface area contributed by atoms with E-state index in [1.54, 1.807) is 0 Å². The standard InChI is InChI=1S/C77H146O6/c1-4-7-10-13-16-19-22-25-28-30-32-34-36-37-38-39-40-42-43-45-47-49-52-55-58-61-64-67-70-76(79)82-73-74(72-81-75(78)69-66-63-60-57-54-51-27-24-21-18-15-12-9-6-3)83-77(80)71-68-65-62-59-56-53-50-48-46-44-41-35-33-31-29-26-23-20-17-14-11-8-5-2/h15,18,24,27,74H,4-14,16-17,19-23,25-26,28-73H2,1-3H3/b18-15-,27-24-. The summed E-state index contributed by atoms with van der Waals surface area (Å²) < 4.78 is 17.0. The zero-order chi connectivity index (χ0) is 59.9. The molecule has 0 fully saturated rings. The fourth-order valence-electron chi connectivity index (χ4n) is 11.8. The van der Waals surface area contributed by atoms with Gasteiger partial charge in [-0.2, -0.15) is 0 Å². The van der Waals surface area contributed by atoms with Crippen molar-refractivity contribution >= 4 is 17.9 Å². The van der Waals surface area contributed by atoms with Crippen molar-refractivity contribution in [2.24, 2.45) is 0 Å². The highest BCUT2D eigenvalue weighted by molar-refractivity contribution is 5.71. The van der Waals surface area contributed by atoms with Crippen LogP contribution in [0.3, 0.4) is 0 Å². The maximum atomic E-state index is 13.0. The van der Waals surface area contributed by atoms with Gasteiger partial charge in [-0.25, -0.2) is 0 Å². The number of hydrogen-bond donors (Lipinski definition) is 0. The van der Waals surface area contributed by atoms with Crippen LogP contribution in [0, 0.1) is 0 Å². The lowest BCUT2D eigenvalue weighted by molar-refractivity contribution is -0.167. The number of hydrogen-bond acceptors (Lipinski definition) is 6. The highest BCUT2D eigenvalue weighted by Gasteiger charge is 2.20. The first-order valence-electron chi connectivity index (χ1n) is 37.8. The van der Waals surface area contributed by atoms with E-state index in [9.17, 15) is 14.4 Å². The molecule has 0 rings (SSSR count). The van der Waals surface area contributed by atoms with Gasteiger partial charge in [0.25, 0.3) is 0 Å². The molecule has 0 aliphatic heterocycles. The normalized spacial score (nSPS) is 12.1. The molecular weight excluding hydrogens is 1020 g/mol. The molecule has 0 aliphatic rings. The fraction of sp³-hybridized carbons (Fsp3) is 0.909. The number of allylic oxidation sites excluding steroid dienone is 4. The Bertz CT molecular complexity index is 1340. The van der Waals surface area contributed by atoms with Crippen molar-refractivity contribution in [3.05, 3.63) is 24.3 Å². The minimum Gasteiger partial charge on any atom is -0.462 e. The Balaban J connectivity index is 4.19. The van der Waals surface area contributed by atoms with Crippen molar-refractivity contribution in [3.8, 4) is 0 Å². The summed E-state index contributed by atoms with van der Waals surface area (Å²) in [7, 11) is 0. The van der Waals surface area contributed by atoms with Crippen molar-refractivity contribution in [1.29, 1.82) is 0 Å². The number of carbonyl (C=O) groups is 3. The first kappa shape index (κ1) is 80.9. The highest BCUT2D eigenvalue weighted by Crippen LogP contribution is 2.20. The minimum atomic E-state index is -0.775. The second-order valence-corrected chi connectivity index (χ2v) is 25.9. The van der Waals surface area contributed by atoms with E-state index in [1.165, 1.54) is 315 Å². The Morgan fingerprint density at radius 1 is 0.241 bits per heavy atom. The predicted molar refractivity (Wildman–Crippen MR) is 363 cm³/mol. The van der Waals surface area contributed by atoms with Crippen LogP contribution in [0.25, 0.3) is 0 Å². The van der Waals surface area contributed by atoms with E-state index in [0.717, 1.165) is 77.0 Å². The first-order valence-corrected chi connectivity index (χ1v) is 37.8. The highest BCUT2D eigenvalue weighted by atomic mass is 16.6. The van der Waals surface area contributed by atoms with Crippen LogP contribution in [0.1, 0.15) is 432 Å². The average Bonchev–Trinajstić information content (AvgIpc) is 3.50. The van der Waals surface area contributed by atoms with Crippen LogP contribution in [0.15, 0.2) is 24.3 Å². The van der Waals surface area contributed by atoms with Gasteiger partial charge in [-0.15, -0.1) is 0 Å². The number of carbonyl (C=O) groups excluding carboxylic acids is 3. The molecule has 0 bridgehead atoms. The van der Waals surface area contributed by atoms with E-state index in [4.69, 9.17) is 14.2 Å². The Hall–Kier alpha value is -2.11. The summed E-state index contributed by atoms with van der Waals surface area (Å²) in [6.45, 7) is 6.68. The third-order valence-electron chi connectivity index (χ3n) is 17.5. The van der Waals surface area contributed by atoms with E-state index in [0.29, 0.717) is 19.3 Å². The van der Waals surface area contributed by atoms with Gasteiger partial charge in [-0.3, -0.25) is 14.4 Å². The summed E-state index contributed by atoms with van der Waals surface area (Å²) in [5.41, 5.74) is 0. The molecule has 0 aromatic carbocycles. The molecule has 490 valence electrons. The van der Waals surface area contributed by atoms with Gasteiger partial charge in [0.2, 0.25) is 0 Å². The number of ether oxygens (including phenoxy) is 3. The lowest BCUT2D eigenvalue weighted by Crippen LogP contribution is -2.30. The van der Waals surface area contributed by atoms with E-state index in [-0.39, 0.29) is 31.1 Å². The molecule has 0 heterocycles. The van der Waals surface area contributed by atoms with Gasteiger partial charge < -0.3 is 14.2 Å². The second kappa shape index (κ2) is 72.4. The summed E-state index contributed by atoms with van der Waals surface area (Å²) in [4.78, 5) is 38.5. The van der Waals surface area contributed by atoms with Gasteiger partial charge >= 0.3 is 17.9 Å². The van der Waals surface area contributed by atoms with Gasteiger partial charge in [0.05, 0.1) is 0 Å². The Labute approximate surface area is 519 Å². The maximum absolute atomic E-state index is 13.0. The summed E-state index contributed by atoms with van der Waals surface area (Å²) >= 11 is 0. The molecule has 0 radical (unpaired) electrons. The molecule has 0 saturated heterocycles. The van der Waals surface area contributed by atoms with Gasteiger partial charge in [0, 0.05) is 19.3 Å². The van der Waals surface area contributed by atoms with Crippen molar-refractivity contribution < 1.29 is 28.6 Å². The molecule has 0 spiro atoms. The summed E-state index contributed by atoms with van der Waals surface area (Å²) in [6, 6.07) is 0. The fourth-order valence-corrected chi connectivity index (χ4v) is 11.8. The second-order valence-electron chi connectivity index (χ2n) is 25.9. The monoisotopic (exact) mass is 1170 g/mol. The molecule has 6 heteroatoms. The molecule has 1 atom stereocenters. The van der Waals surface area contributed by atoms with Gasteiger partial charge in [-0.05, 0) is 44.9 Å². The molecule has 0 amide bonds. The van der Waals surface area contributed by atoms with Crippen LogP contribution in [-0.4, -0.2) is 37.2 Å². The van der Waals surface area contributed by atoms with E-state index < -0.39 is 6.10 Å². The number of rotatable bonds is 71. The zero-order valence-electron chi connectivity index (χ0n) is 56.5. The van der Waals surface area contributed by atoms with Crippen molar-refractivity contribution in [3.63, 3.8) is 0 Å². The van der Waals surface area contributed by atoms with Gasteiger partial charge in [0.15, 0.2) is 6.10 Å². The molecular formula is C77H146O6. The molecule has 0 saturated carbocycles. The van der Waals surface area contributed by atoms with Crippen molar-refractivity contribution in [2.75, 3.05) is 13.2 Å². The van der Waals surface area contributed by atoms with Crippen LogP contribution in [0.2, 0.25) is 0 Å². The minimum absolute atomic E-state index is 0.0691. The molecule has 83 heavy (non-hydrogen) atoms. The largest absolute Gasteiger partial charge is 0.462 e. The van der Waals surface area contributed by atoms with Crippen LogP contribution in [0.5, 0.6) is 0 Å². The van der Waals surface area contributed by atoms with Crippen LogP contribution < -0.4 is 0 Å². The Morgan fingerprint density at radius 3 is 0.699 bits per heavy atom. The van der Waals surface area contributed by atoms with E-state index in [2.05, 4.69) is 45.1 Å².